The van der Waals surface area contributed by atoms with Crippen molar-refractivity contribution in [2.45, 2.75) is 18.6 Å². The topological polar surface area (TPSA) is 45.5 Å². The van der Waals surface area contributed by atoms with Gasteiger partial charge in [0.25, 0.3) is 0 Å². The molecule has 2 rings (SSSR count). The molecule has 1 aliphatic heterocycles. The summed E-state index contributed by atoms with van der Waals surface area (Å²) in [6.07, 6.45) is 3.84. The molecule has 0 aromatic carbocycles. The largest absolute Gasteiger partial charge is 0.468 e. The van der Waals surface area contributed by atoms with Gasteiger partial charge in [0.1, 0.15) is 5.76 Å². The molecule has 4 nitrogen and oxygen atoms in total. The van der Waals surface area contributed by atoms with Gasteiger partial charge in [0, 0.05) is 18.8 Å². The highest BCUT2D eigenvalue weighted by Crippen LogP contribution is 2.15. The van der Waals surface area contributed by atoms with Crippen LogP contribution < -0.4 is 5.32 Å². The summed E-state index contributed by atoms with van der Waals surface area (Å²) in [6, 6.07) is 3.88. The van der Waals surface area contributed by atoms with Crippen LogP contribution >= 0.6 is 11.8 Å². The van der Waals surface area contributed by atoms with Crippen molar-refractivity contribution in [3.63, 3.8) is 0 Å². The fourth-order valence-corrected chi connectivity index (χ4v) is 3.09. The Morgan fingerprint density at radius 3 is 3.26 bits per heavy atom. The zero-order chi connectivity index (χ0) is 13.5. The molecule has 19 heavy (non-hydrogen) atoms. The van der Waals surface area contributed by atoms with E-state index in [2.05, 4.69) is 17.3 Å². The Kier molecular flexibility index (Phi) is 5.79. The van der Waals surface area contributed by atoms with Gasteiger partial charge in [-0.25, -0.2) is 0 Å². The van der Waals surface area contributed by atoms with Crippen molar-refractivity contribution in [1.82, 2.24) is 10.2 Å². The second-order valence-corrected chi connectivity index (χ2v) is 6.13. The summed E-state index contributed by atoms with van der Waals surface area (Å²) in [5.41, 5.74) is 0. The Labute approximate surface area is 118 Å². The molecule has 1 aromatic heterocycles. The first-order chi connectivity index (χ1) is 9.25. The van der Waals surface area contributed by atoms with Crippen molar-refractivity contribution in [1.29, 1.82) is 0 Å². The number of piperidine rings is 1. The molecule has 0 saturated carbocycles. The van der Waals surface area contributed by atoms with Crippen LogP contribution in [0.2, 0.25) is 0 Å². The van der Waals surface area contributed by atoms with Gasteiger partial charge in [-0.3, -0.25) is 4.79 Å². The first kappa shape index (κ1) is 14.5. The molecule has 0 bridgehead atoms. The van der Waals surface area contributed by atoms with Crippen LogP contribution in [0.3, 0.4) is 0 Å². The van der Waals surface area contributed by atoms with E-state index >= 15 is 0 Å². The molecule has 0 spiro atoms. The van der Waals surface area contributed by atoms with E-state index in [9.17, 15) is 4.79 Å². The molecule has 1 fully saturated rings. The van der Waals surface area contributed by atoms with E-state index < -0.39 is 0 Å². The monoisotopic (exact) mass is 282 g/mol. The normalized spacial score (nSPS) is 20.4. The Bertz CT molecular complexity index is 381. The average Bonchev–Trinajstić information content (AvgIpc) is 2.91. The third-order valence-electron chi connectivity index (χ3n) is 3.37. The molecule has 106 valence electrons. The summed E-state index contributed by atoms with van der Waals surface area (Å²) < 4.78 is 5.25. The lowest BCUT2D eigenvalue weighted by atomic mass is 9.98. The number of likely N-dealkylation sites (tertiary alicyclic amines) is 1. The van der Waals surface area contributed by atoms with Crippen molar-refractivity contribution >= 4 is 17.7 Å². The second-order valence-electron chi connectivity index (χ2n) is 5.02. The van der Waals surface area contributed by atoms with Gasteiger partial charge in [-0.2, -0.15) is 11.8 Å². The number of amides is 1. The number of thioether (sulfide) groups is 1. The van der Waals surface area contributed by atoms with Gasteiger partial charge in [-0.1, -0.05) is 0 Å². The SMILES string of the molecule is CN1CCCC(C(=O)NCCSCc2ccco2)C1. The number of carbonyl (C=O) groups is 1. The maximum Gasteiger partial charge on any atom is 0.224 e. The Morgan fingerprint density at radius 1 is 1.63 bits per heavy atom. The molecule has 0 radical (unpaired) electrons. The summed E-state index contributed by atoms with van der Waals surface area (Å²) in [5, 5.41) is 3.04. The van der Waals surface area contributed by atoms with Gasteiger partial charge < -0.3 is 14.6 Å². The van der Waals surface area contributed by atoms with E-state index in [0.717, 1.165) is 49.7 Å². The molecule has 0 aliphatic carbocycles. The number of rotatable bonds is 6. The third-order valence-corrected chi connectivity index (χ3v) is 4.35. The highest BCUT2D eigenvalue weighted by atomic mass is 32.2. The fraction of sp³-hybridized carbons (Fsp3) is 0.643. The lowest BCUT2D eigenvalue weighted by Gasteiger charge is -2.28. The van der Waals surface area contributed by atoms with Crippen LogP contribution in [0.1, 0.15) is 18.6 Å². The van der Waals surface area contributed by atoms with Crippen LogP contribution in [0.4, 0.5) is 0 Å². The highest BCUT2D eigenvalue weighted by molar-refractivity contribution is 7.98. The van der Waals surface area contributed by atoms with Gasteiger partial charge in [0.15, 0.2) is 0 Å². The van der Waals surface area contributed by atoms with E-state index in [1.807, 2.05) is 12.1 Å². The number of carbonyl (C=O) groups excluding carboxylic acids is 1. The highest BCUT2D eigenvalue weighted by Gasteiger charge is 2.23. The first-order valence-corrected chi connectivity index (χ1v) is 7.97. The van der Waals surface area contributed by atoms with Crippen LogP contribution in [-0.4, -0.2) is 43.2 Å². The van der Waals surface area contributed by atoms with Crippen LogP contribution in [0.15, 0.2) is 22.8 Å². The number of furan rings is 1. The maximum absolute atomic E-state index is 12.0. The molecule has 1 amide bonds. The van der Waals surface area contributed by atoms with E-state index in [0.29, 0.717) is 0 Å². The molecule has 5 heteroatoms. The standard InChI is InChI=1S/C14H22N2O2S/c1-16-7-2-4-12(10-16)14(17)15-6-9-19-11-13-5-3-8-18-13/h3,5,8,12H,2,4,6-7,9-11H2,1H3,(H,15,17). The molecule has 1 atom stereocenters. The van der Waals surface area contributed by atoms with Gasteiger partial charge in [-0.05, 0) is 38.6 Å². The molecular weight excluding hydrogens is 260 g/mol. The minimum atomic E-state index is 0.175. The summed E-state index contributed by atoms with van der Waals surface area (Å²) in [5.74, 6) is 3.17. The predicted molar refractivity (Wildman–Crippen MR) is 78.1 cm³/mol. The molecule has 1 unspecified atom stereocenters. The quantitative estimate of drug-likeness (QED) is 0.810. The molecule has 2 heterocycles. The Balaban J connectivity index is 1.56. The lowest BCUT2D eigenvalue weighted by Crippen LogP contribution is -2.41. The molecular formula is C14H22N2O2S. The van der Waals surface area contributed by atoms with Crippen LogP contribution in [0.25, 0.3) is 0 Å². The maximum atomic E-state index is 12.0. The smallest absolute Gasteiger partial charge is 0.224 e. The van der Waals surface area contributed by atoms with E-state index in [-0.39, 0.29) is 11.8 Å². The zero-order valence-electron chi connectivity index (χ0n) is 11.4. The van der Waals surface area contributed by atoms with Gasteiger partial charge in [-0.15, -0.1) is 0 Å². The van der Waals surface area contributed by atoms with Gasteiger partial charge in [0.05, 0.1) is 17.9 Å². The van der Waals surface area contributed by atoms with Crippen molar-refractivity contribution in [3.05, 3.63) is 24.2 Å². The average molecular weight is 282 g/mol. The van der Waals surface area contributed by atoms with Crippen molar-refractivity contribution in [2.24, 2.45) is 5.92 Å². The molecule has 1 saturated heterocycles. The summed E-state index contributed by atoms with van der Waals surface area (Å²) >= 11 is 1.78. The Hall–Kier alpha value is -0.940. The number of hydrogen-bond acceptors (Lipinski definition) is 4. The van der Waals surface area contributed by atoms with Gasteiger partial charge >= 0.3 is 0 Å². The predicted octanol–water partition coefficient (Wildman–Crippen LogP) is 1.97. The van der Waals surface area contributed by atoms with Crippen molar-refractivity contribution in [3.8, 4) is 0 Å². The fourth-order valence-electron chi connectivity index (χ4n) is 2.34. The second kappa shape index (κ2) is 7.60. The number of hydrogen-bond donors (Lipinski definition) is 1. The number of nitrogens with zero attached hydrogens (tertiary/aromatic N) is 1. The molecule has 1 N–H and O–H groups in total. The van der Waals surface area contributed by atoms with Gasteiger partial charge in [0.2, 0.25) is 5.91 Å². The van der Waals surface area contributed by atoms with E-state index in [1.54, 1.807) is 18.0 Å². The first-order valence-electron chi connectivity index (χ1n) is 6.82. The summed E-state index contributed by atoms with van der Waals surface area (Å²) in [4.78, 5) is 14.2. The summed E-state index contributed by atoms with van der Waals surface area (Å²) in [6.45, 7) is 2.75. The summed E-state index contributed by atoms with van der Waals surface area (Å²) in [7, 11) is 2.08. The number of nitrogens with one attached hydrogen (secondary N) is 1. The van der Waals surface area contributed by atoms with E-state index in [4.69, 9.17) is 4.42 Å². The van der Waals surface area contributed by atoms with Crippen LogP contribution in [-0.2, 0) is 10.5 Å². The van der Waals surface area contributed by atoms with Crippen molar-refractivity contribution in [2.75, 3.05) is 32.4 Å². The minimum Gasteiger partial charge on any atom is -0.468 e. The minimum absolute atomic E-state index is 0.175. The lowest BCUT2D eigenvalue weighted by molar-refractivity contribution is -0.126. The molecule has 1 aliphatic rings. The third kappa shape index (κ3) is 4.91. The van der Waals surface area contributed by atoms with Crippen LogP contribution in [0.5, 0.6) is 0 Å². The Morgan fingerprint density at radius 2 is 2.53 bits per heavy atom. The molecule has 1 aromatic rings. The van der Waals surface area contributed by atoms with E-state index in [1.165, 1.54) is 0 Å². The zero-order valence-corrected chi connectivity index (χ0v) is 12.2. The van der Waals surface area contributed by atoms with Crippen LogP contribution in [0, 0.1) is 5.92 Å². The van der Waals surface area contributed by atoms with Crippen molar-refractivity contribution < 1.29 is 9.21 Å².